The molecule has 0 atom stereocenters. The lowest BCUT2D eigenvalue weighted by Gasteiger charge is -2.39. The molecule has 0 radical (unpaired) electrons. The lowest BCUT2D eigenvalue weighted by molar-refractivity contribution is 0.353. The van der Waals surface area contributed by atoms with E-state index in [4.69, 9.17) is 0 Å². The molecule has 1 N–H and O–H groups in total. The average molecular weight is 353 g/mol. The molecule has 1 heterocycles. The van der Waals surface area contributed by atoms with Crippen molar-refractivity contribution in [2.24, 2.45) is 4.99 Å². The molecule has 6 nitrogen and oxygen atoms in total. The lowest BCUT2D eigenvalue weighted by Crippen LogP contribution is -2.57. The zero-order valence-corrected chi connectivity index (χ0v) is 16.0. The maximum absolute atomic E-state index is 12.1. The molecule has 1 saturated heterocycles. The van der Waals surface area contributed by atoms with Crippen molar-refractivity contribution in [3.8, 4) is 0 Å². The van der Waals surface area contributed by atoms with E-state index in [2.05, 4.69) is 39.5 Å². The molecule has 7 heteroatoms. The van der Waals surface area contributed by atoms with Crippen LogP contribution in [0.4, 0.5) is 5.69 Å². The molecule has 1 aromatic rings. The highest BCUT2D eigenvalue weighted by molar-refractivity contribution is 7.92. The number of hydrogen-bond donors (Lipinski definition) is 1. The Morgan fingerprint density at radius 3 is 2.42 bits per heavy atom. The van der Waals surface area contributed by atoms with Crippen LogP contribution >= 0.6 is 0 Å². The van der Waals surface area contributed by atoms with Gasteiger partial charge < -0.3 is 15.1 Å². The number of aliphatic imine (C=N–C) groups is 1. The summed E-state index contributed by atoms with van der Waals surface area (Å²) in [4.78, 5) is 8.40. The van der Waals surface area contributed by atoms with Crippen molar-refractivity contribution in [2.75, 3.05) is 44.9 Å². The van der Waals surface area contributed by atoms with Gasteiger partial charge in [-0.25, -0.2) is 8.42 Å². The van der Waals surface area contributed by atoms with E-state index in [-0.39, 0.29) is 5.75 Å². The highest BCUT2D eigenvalue weighted by Gasteiger charge is 2.40. The van der Waals surface area contributed by atoms with Crippen molar-refractivity contribution in [1.82, 2.24) is 10.2 Å². The van der Waals surface area contributed by atoms with E-state index < -0.39 is 14.6 Å². The predicted molar refractivity (Wildman–Crippen MR) is 100 cm³/mol. The molecule has 1 aliphatic rings. The van der Waals surface area contributed by atoms with Gasteiger partial charge in [-0.05, 0) is 31.5 Å². The van der Waals surface area contributed by atoms with Gasteiger partial charge in [0, 0.05) is 46.5 Å². The minimum Gasteiger partial charge on any atom is -0.378 e. The number of sulfone groups is 1. The fourth-order valence-electron chi connectivity index (χ4n) is 2.75. The molecule has 0 bridgehead atoms. The van der Waals surface area contributed by atoms with E-state index in [0.29, 0.717) is 19.6 Å². The topological polar surface area (TPSA) is 65.0 Å². The van der Waals surface area contributed by atoms with Crippen molar-refractivity contribution in [2.45, 2.75) is 25.1 Å². The quantitative estimate of drug-likeness (QED) is 0.657. The first-order valence-corrected chi connectivity index (χ1v) is 9.76. The Bertz CT molecular complexity index is 694. The Kier molecular flexibility index (Phi) is 5.42. The molecule has 1 fully saturated rings. The van der Waals surface area contributed by atoms with Crippen LogP contribution in [0.5, 0.6) is 0 Å². The zero-order valence-electron chi connectivity index (χ0n) is 15.2. The Hall–Kier alpha value is -1.76. The number of benzene rings is 1. The summed E-state index contributed by atoms with van der Waals surface area (Å²) < 4.78 is 23.5. The second kappa shape index (κ2) is 7.01. The summed E-state index contributed by atoms with van der Waals surface area (Å²) in [5, 5.41) is 3.34. The summed E-state index contributed by atoms with van der Waals surface area (Å²) in [6.07, 6.45) is 0. The van der Waals surface area contributed by atoms with Gasteiger partial charge in [-0.2, -0.15) is 0 Å². The number of guanidine groups is 1. The molecule has 134 valence electrons. The molecule has 2 rings (SSSR count). The van der Waals surface area contributed by atoms with Gasteiger partial charge >= 0.3 is 0 Å². The number of hydrogen-bond acceptors (Lipinski definition) is 4. The van der Waals surface area contributed by atoms with Crippen LogP contribution in [0.3, 0.4) is 0 Å². The van der Waals surface area contributed by atoms with Crippen molar-refractivity contribution >= 4 is 21.5 Å². The van der Waals surface area contributed by atoms with E-state index in [1.807, 2.05) is 19.0 Å². The van der Waals surface area contributed by atoms with Crippen LogP contribution in [0.25, 0.3) is 0 Å². The third kappa shape index (κ3) is 4.01. The van der Waals surface area contributed by atoms with E-state index in [9.17, 15) is 8.42 Å². The second-order valence-electron chi connectivity index (χ2n) is 6.96. The Morgan fingerprint density at radius 1 is 1.29 bits per heavy atom. The zero-order chi connectivity index (χ0) is 18.0. The molecule has 0 unspecified atom stereocenters. The van der Waals surface area contributed by atoms with Crippen molar-refractivity contribution < 1.29 is 8.42 Å². The summed E-state index contributed by atoms with van der Waals surface area (Å²) in [6, 6.07) is 8.33. The van der Waals surface area contributed by atoms with Gasteiger partial charge in [0.1, 0.15) is 0 Å². The highest BCUT2D eigenvalue weighted by atomic mass is 32.2. The van der Waals surface area contributed by atoms with Crippen molar-refractivity contribution in [3.63, 3.8) is 0 Å². The van der Waals surface area contributed by atoms with Crippen LogP contribution in [-0.2, 0) is 16.4 Å². The largest absolute Gasteiger partial charge is 0.378 e. The first kappa shape index (κ1) is 18.6. The Balaban J connectivity index is 2.00. The van der Waals surface area contributed by atoms with E-state index in [1.54, 1.807) is 20.9 Å². The third-order valence-corrected chi connectivity index (χ3v) is 6.99. The summed E-state index contributed by atoms with van der Waals surface area (Å²) in [7, 11) is 2.72. The number of rotatable bonds is 3. The van der Waals surface area contributed by atoms with Crippen LogP contribution in [0.1, 0.15) is 19.4 Å². The molecule has 24 heavy (non-hydrogen) atoms. The molecule has 1 aliphatic heterocycles. The van der Waals surface area contributed by atoms with Gasteiger partial charge in [-0.15, -0.1) is 0 Å². The van der Waals surface area contributed by atoms with Crippen molar-refractivity contribution in [1.29, 1.82) is 0 Å². The Labute approximate surface area is 145 Å². The van der Waals surface area contributed by atoms with Gasteiger partial charge in [0.15, 0.2) is 15.8 Å². The van der Waals surface area contributed by atoms with Crippen LogP contribution in [0.15, 0.2) is 29.3 Å². The van der Waals surface area contributed by atoms with Gasteiger partial charge in [0.05, 0.1) is 10.5 Å². The molecule has 0 aliphatic carbocycles. The van der Waals surface area contributed by atoms with Crippen LogP contribution in [0, 0.1) is 0 Å². The number of anilines is 1. The summed E-state index contributed by atoms with van der Waals surface area (Å²) >= 11 is 0. The van der Waals surface area contributed by atoms with Crippen LogP contribution < -0.4 is 10.2 Å². The summed E-state index contributed by atoms with van der Waals surface area (Å²) in [6.45, 7) is 5.15. The molecule has 0 saturated carbocycles. The maximum atomic E-state index is 12.1. The lowest BCUT2D eigenvalue weighted by atomic mass is 10.2. The number of nitrogens with one attached hydrogen (secondary N) is 1. The van der Waals surface area contributed by atoms with Gasteiger partial charge in [0.2, 0.25) is 0 Å². The average Bonchev–Trinajstić information content (AvgIpc) is 2.51. The summed E-state index contributed by atoms with van der Waals surface area (Å²) in [5.74, 6) is 0.910. The first-order valence-electron chi connectivity index (χ1n) is 8.10. The Morgan fingerprint density at radius 2 is 1.92 bits per heavy atom. The monoisotopic (exact) mass is 352 g/mol. The number of nitrogens with zero attached hydrogens (tertiary/aromatic N) is 3. The van der Waals surface area contributed by atoms with E-state index in [0.717, 1.165) is 17.2 Å². The van der Waals surface area contributed by atoms with E-state index in [1.165, 1.54) is 0 Å². The van der Waals surface area contributed by atoms with Gasteiger partial charge in [-0.1, -0.05) is 12.1 Å². The second-order valence-corrected chi connectivity index (χ2v) is 9.70. The minimum absolute atomic E-state index is 0.165. The van der Waals surface area contributed by atoms with Gasteiger partial charge in [-0.3, -0.25) is 4.99 Å². The molecular weight excluding hydrogens is 324 g/mol. The standard InChI is InChI=1S/C17H28N4O2S/c1-17(2)13-21(10-11-24(17,22)23)16(18-3)19-12-14-6-8-15(9-7-14)20(4)5/h6-9H,10-13H2,1-5H3,(H,18,19). The highest BCUT2D eigenvalue weighted by Crippen LogP contribution is 2.23. The smallest absolute Gasteiger partial charge is 0.193 e. The van der Waals surface area contributed by atoms with Crippen LogP contribution in [-0.4, -0.2) is 64.0 Å². The fourth-order valence-corrected chi connectivity index (χ4v) is 4.12. The van der Waals surface area contributed by atoms with Gasteiger partial charge in [0.25, 0.3) is 0 Å². The van der Waals surface area contributed by atoms with Crippen molar-refractivity contribution in [3.05, 3.63) is 29.8 Å². The molecule has 0 amide bonds. The first-order chi connectivity index (χ1) is 11.2. The third-order valence-electron chi connectivity index (χ3n) is 4.46. The molecule has 0 spiro atoms. The predicted octanol–water partition coefficient (Wildman–Crippen LogP) is 1.34. The summed E-state index contributed by atoms with van der Waals surface area (Å²) in [5.41, 5.74) is 2.32. The molecule has 1 aromatic carbocycles. The molecular formula is C17H28N4O2S. The molecule has 0 aromatic heterocycles. The SMILES string of the molecule is CN=C(NCc1ccc(N(C)C)cc1)N1CCS(=O)(=O)C(C)(C)C1. The normalized spacial score (nSPS) is 19.9. The van der Waals surface area contributed by atoms with E-state index >= 15 is 0 Å². The fraction of sp³-hybridized carbons (Fsp3) is 0.588. The minimum atomic E-state index is -3.04. The maximum Gasteiger partial charge on any atom is 0.193 e. The van der Waals surface area contributed by atoms with Crippen LogP contribution in [0.2, 0.25) is 0 Å².